The van der Waals surface area contributed by atoms with Crippen LogP contribution in [0.2, 0.25) is 0 Å². The van der Waals surface area contributed by atoms with E-state index in [4.69, 9.17) is 0 Å². The molecule has 2 nitrogen and oxygen atoms in total. The Labute approximate surface area is 118 Å². The molecular formula is C13H15Br2NO. The molecule has 0 atom stereocenters. The van der Waals surface area contributed by atoms with E-state index in [1.807, 2.05) is 18.2 Å². The minimum Gasteiger partial charge on any atom is -0.352 e. The summed E-state index contributed by atoms with van der Waals surface area (Å²) in [4.78, 5) is 12.0. The number of amides is 1. The summed E-state index contributed by atoms with van der Waals surface area (Å²) in [5, 5.41) is 3.01. The monoisotopic (exact) mass is 359 g/mol. The number of halogens is 2. The van der Waals surface area contributed by atoms with Gasteiger partial charge in [0.25, 0.3) is 5.91 Å². The van der Waals surface area contributed by atoms with E-state index < -0.39 is 0 Å². The summed E-state index contributed by atoms with van der Waals surface area (Å²) < 4.78 is 1.83. The molecule has 17 heavy (non-hydrogen) atoms. The summed E-state index contributed by atoms with van der Waals surface area (Å²) in [5.41, 5.74) is 0.698. The van der Waals surface area contributed by atoms with E-state index in [-0.39, 0.29) is 5.91 Å². The van der Waals surface area contributed by atoms with Gasteiger partial charge in [-0.1, -0.05) is 44.7 Å². The maximum atomic E-state index is 12.0. The Bertz CT molecular complexity index is 394. The molecule has 1 saturated carbocycles. The molecule has 0 aliphatic heterocycles. The fourth-order valence-electron chi connectivity index (χ4n) is 2.24. The predicted octanol–water partition coefficient (Wildman–Crippen LogP) is 4.13. The van der Waals surface area contributed by atoms with Crippen LogP contribution >= 0.6 is 31.9 Å². The highest BCUT2D eigenvalue weighted by atomic mass is 79.9. The number of hydrogen-bond acceptors (Lipinski definition) is 1. The summed E-state index contributed by atoms with van der Waals surface area (Å²) in [6, 6.07) is 5.61. The van der Waals surface area contributed by atoms with Gasteiger partial charge in [-0.3, -0.25) is 4.79 Å². The molecule has 0 heterocycles. The van der Waals surface area contributed by atoms with Crippen molar-refractivity contribution in [3.8, 4) is 0 Å². The third-order valence-corrected chi connectivity index (χ3v) is 4.07. The van der Waals surface area contributed by atoms with Gasteiger partial charge < -0.3 is 5.32 Å². The van der Waals surface area contributed by atoms with Crippen molar-refractivity contribution >= 4 is 37.8 Å². The lowest BCUT2D eigenvalue weighted by molar-refractivity contribution is 0.0947. The average molecular weight is 361 g/mol. The van der Waals surface area contributed by atoms with E-state index in [1.165, 1.54) is 25.7 Å². The van der Waals surface area contributed by atoms with Crippen LogP contribution in [-0.4, -0.2) is 12.5 Å². The zero-order valence-electron chi connectivity index (χ0n) is 9.51. The van der Waals surface area contributed by atoms with Crippen molar-refractivity contribution < 1.29 is 4.79 Å². The Morgan fingerprint density at radius 1 is 1.18 bits per heavy atom. The third kappa shape index (κ3) is 3.81. The summed E-state index contributed by atoms with van der Waals surface area (Å²) in [6.45, 7) is 0.808. The molecule has 0 radical (unpaired) electrons. The van der Waals surface area contributed by atoms with Crippen molar-refractivity contribution in [2.75, 3.05) is 6.54 Å². The lowest BCUT2D eigenvalue weighted by atomic mass is 10.1. The zero-order valence-corrected chi connectivity index (χ0v) is 12.7. The van der Waals surface area contributed by atoms with Crippen molar-refractivity contribution in [2.45, 2.75) is 25.7 Å². The number of rotatable bonds is 3. The molecular weight excluding hydrogens is 346 g/mol. The molecule has 1 aromatic rings. The number of nitrogens with one attached hydrogen (secondary N) is 1. The quantitative estimate of drug-likeness (QED) is 0.862. The third-order valence-electron chi connectivity index (χ3n) is 3.15. The molecule has 1 aliphatic rings. The normalized spacial score (nSPS) is 16.1. The predicted molar refractivity (Wildman–Crippen MR) is 76.1 cm³/mol. The van der Waals surface area contributed by atoms with Gasteiger partial charge in [0.05, 0.1) is 0 Å². The summed E-state index contributed by atoms with van der Waals surface area (Å²) >= 11 is 6.78. The van der Waals surface area contributed by atoms with Gasteiger partial charge in [-0.2, -0.15) is 0 Å². The van der Waals surface area contributed by atoms with Crippen LogP contribution in [0, 0.1) is 5.92 Å². The SMILES string of the molecule is O=C(NCC1CCCC1)c1cc(Br)cc(Br)c1. The molecule has 0 unspecified atom stereocenters. The molecule has 1 fully saturated rings. The van der Waals surface area contributed by atoms with E-state index in [9.17, 15) is 4.79 Å². The first kappa shape index (κ1) is 13.1. The van der Waals surface area contributed by atoms with Crippen molar-refractivity contribution in [3.05, 3.63) is 32.7 Å². The first-order valence-electron chi connectivity index (χ1n) is 5.89. The van der Waals surface area contributed by atoms with E-state index in [1.54, 1.807) is 0 Å². The Morgan fingerprint density at radius 3 is 2.35 bits per heavy atom. The molecule has 0 aromatic heterocycles. The van der Waals surface area contributed by atoms with E-state index >= 15 is 0 Å². The lowest BCUT2D eigenvalue weighted by Gasteiger charge is -2.11. The smallest absolute Gasteiger partial charge is 0.251 e. The van der Waals surface area contributed by atoms with Crippen LogP contribution in [0.5, 0.6) is 0 Å². The fraction of sp³-hybridized carbons (Fsp3) is 0.462. The summed E-state index contributed by atoms with van der Waals surface area (Å²) in [5.74, 6) is 0.688. The lowest BCUT2D eigenvalue weighted by Crippen LogP contribution is -2.28. The Balaban J connectivity index is 1.94. The van der Waals surface area contributed by atoms with E-state index in [2.05, 4.69) is 37.2 Å². The first-order chi connectivity index (χ1) is 8.15. The Morgan fingerprint density at radius 2 is 1.76 bits per heavy atom. The van der Waals surface area contributed by atoms with Crippen molar-refractivity contribution in [1.29, 1.82) is 0 Å². The molecule has 0 spiro atoms. The van der Waals surface area contributed by atoms with Gasteiger partial charge in [-0.15, -0.1) is 0 Å². The summed E-state index contributed by atoms with van der Waals surface area (Å²) in [7, 11) is 0. The van der Waals surface area contributed by atoms with Gasteiger partial charge >= 0.3 is 0 Å². The zero-order chi connectivity index (χ0) is 12.3. The van der Waals surface area contributed by atoms with Crippen LogP contribution in [0.4, 0.5) is 0 Å². The van der Waals surface area contributed by atoms with Gasteiger partial charge in [0.2, 0.25) is 0 Å². The van der Waals surface area contributed by atoms with Gasteiger partial charge in [-0.25, -0.2) is 0 Å². The largest absolute Gasteiger partial charge is 0.352 e. The first-order valence-corrected chi connectivity index (χ1v) is 7.48. The summed E-state index contributed by atoms with van der Waals surface area (Å²) in [6.07, 6.45) is 5.12. The maximum absolute atomic E-state index is 12.0. The standard InChI is InChI=1S/C13H15Br2NO/c14-11-5-10(6-12(15)7-11)13(17)16-8-9-3-1-2-4-9/h5-7,9H,1-4,8H2,(H,16,17). The maximum Gasteiger partial charge on any atom is 0.251 e. The van der Waals surface area contributed by atoms with Crippen LogP contribution < -0.4 is 5.32 Å². The molecule has 92 valence electrons. The average Bonchev–Trinajstić information content (AvgIpc) is 2.77. The van der Waals surface area contributed by atoms with Crippen LogP contribution in [-0.2, 0) is 0 Å². The highest BCUT2D eigenvalue weighted by Crippen LogP contribution is 2.24. The van der Waals surface area contributed by atoms with Crippen LogP contribution in [0.3, 0.4) is 0 Å². The molecule has 4 heteroatoms. The minimum absolute atomic E-state index is 0.0129. The Kier molecular flexibility index (Phi) is 4.62. The molecule has 2 rings (SSSR count). The van der Waals surface area contributed by atoms with Gasteiger partial charge in [-0.05, 0) is 37.0 Å². The highest BCUT2D eigenvalue weighted by molar-refractivity contribution is 9.11. The number of benzene rings is 1. The van der Waals surface area contributed by atoms with Gasteiger partial charge in [0.15, 0.2) is 0 Å². The van der Waals surface area contributed by atoms with Crippen molar-refractivity contribution in [1.82, 2.24) is 5.32 Å². The van der Waals surface area contributed by atoms with Crippen LogP contribution in [0.1, 0.15) is 36.0 Å². The topological polar surface area (TPSA) is 29.1 Å². The molecule has 1 amide bonds. The highest BCUT2D eigenvalue weighted by Gasteiger charge is 2.16. The van der Waals surface area contributed by atoms with E-state index in [0.29, 0.717) is 11.5 Å². The minimum atomic E-state index is 0.0129. The second-order valence-electron chi connectivity index (χ2n) is 4.52. The number of hydrogen-bond donors (Lipinski definition) is 1. The van der Waals surface area contributed by atoms with Gasteiger partial charge in [0.1, 0.15) is 0 Å². The fourth-order valence-corrected chi connectivity index (χ4v) is 3.53. The number of carbonyl (C=O) groups is 1. The van der Waals surface area contributed by atoms with E-state index in [0.717, 1.165) is 15.5 Å². The van der Waals surface area contributed by atoms with Crippen LogP contribution in [0.15, 0.2) is 27.1 Å². The molecule has 1 aromatic carbocycles. The Hall–Kier alpha value is -0.350. The molecule has 0 saturated heterocycles. The second-order valence-corrected chi connectivity index (χ2v) is 6.35. The second kappa shape index (κ2) is 6.01. The molecule has 1 aliphatic carbocycles. The van der Waals surface area contributed by atoms with Crippen molar-refractivity contribution in [3.63, 3.8) is 0 Å². The van der Waals surface area contributed by atoms with Crippen LogP contribution in [0.25, 0.3) is 0 Å². The number of carbonyl (C=O) groups excluding carboxylic acids is 1. The van der Waals surface area contributed by atoms with Gasteiger partial charge in [0, 0.05) is 21.1 Å². The van der Waals surface area contributed by atoms with Crippen molar-refractivity contribution in [2.24, 2.45) is 5.92 Å². The molecule has 0 bridgehead atoms. The molecule has 1 N–H and O–H groups in total.